The van der Waals surface area contributed by atoms with Crippen molar-refractivity contribution in [3.05, 3.63) is 58.2 Å². The smallest absolute Gasteiger partial charge is 0.267 e. The van der Waals surface area contributed by atoms with E-state index < -0.39 is 14.3 Å². The zero-order chi connectivity index (χ0) is 16.7. The van der Waals surface area contributed by atoms with E-state index in [9.17, 15) is 4.79 Å². The highest BCUT2D eigenvalue weighted by molar-refractivity contribution is 6.77. The second-order valence-corrected chi connectivity index (χ2v) is 9.26. The summed E-state index contributed by atoms with van der Waals surface area (Å²) in [6.07, 6.45) is 7.15. The van der Waals surface area contributed by atoms with E-state index in [1.54, 1.807) is 0 Å². The summed E-state index contributed by atoms with van der Waals surface area (Å²) in [7, 11) is -0.724. The summed E-state index contributed by atoms with van der Waals surface area (Å²) in [5, 5.41) is 1.36. The predicted octanol–water partition coefficient (Wildman–Crippen LogP) is 3.92. The number of allylic oxidation sites excluding steroid dienone is 3. The minimum Gasteiger partial charge on any atom is -0.267 e. The van der Waals surface area contributed by atoms with Gasteiger partial charge in [0.1, 0.15) is 0 Å². The zero-order valence-corrected chi connectivity index (χ0v) is 15.2. The highest BCUT2D eigenvalue weighted by Gasteiger charge is 2.27. The fraction of sp³-hybridized carbons (Fsp3) is 0.300. The Morgan fingerprint density at radius 3 is 2.70 bits per heavy atom. The molecular formula is C20H22NOSi. The Morgan fingerprint density at radius 1 is 1.30 bits per heavy atom. The predicted molar refractivity (Wildman–Crippen MR) is 99.6 cm³/mol. The molecule has 0 fully saturated rings. The van der Waals surface area contributed by atoms with Crippen molar-refractivity contribution in [1.82, 2.24) is 5.73 Å². The van der Waals surface area contributed by atoms with Crippen LogP contribution in [0.1, 0.15) is 30.5 Å². The molecular weight excluding hydrogens is 298 g/mol. The summed E-state index contributed by atoms with van der Waals surface area (Å²) in [4.78, 5) is 12.0. The number of hydrogen-bond acceptors (Lipinski definition) is 1. The molecule has 2 aliphatic carbocycles. The largest absolute Gasteiger partial charge is 0.270 e. The highest BCUT2D eigenvalue weighted by Crippen LogP contribution is 2.36. The summed E-state index contributed by atoms with van der Waals surface area (Å²) in [5.41, 5.74) is 14.3. The average molecular weight is 320 g/mol. The second-order valence-electron chi connectivity index (χ2n) is 6.73. The van der Waals surface area contributed by atoms with Gasteiger partial charge in [-0.25, -0.2) is 0 Å². The van der Waals surface area contributed by atoms with Crippen LogP contribution in [0.25, 0.3) is 11.6 Å². The average Bonchev–Trinajstić information content (AvgIpc) is 2.86. The van der Waals surface area contributed by atoms with Crippen molar-refractivity contribution in [3.8, 4) is 0 Å². The number of carbonyl (C=O) groups excluding carboxylic acids is 1. The first-order valence-electron chi connectivity index (χ1n) is 8.05. The van der Waals surface area contributed by atoms with E-state index in [1.807, 2.05) is 6.08 Å². The van der Waals surface area contributed by atoms with Crippen molar-refractivity contribution in [3.63, 3.8) is 0 Å². The number of carbonyl (C=O) groups is 1. The summed E-state index contributed by atoms with van der Waals surface area (Å²) in [6, 6.07) is 6.36. The fourth-order valence-corrected chi connectivity index (χ4v) is 5.51. The molecule has 23 heavy (non-hydrogen) atoms. The minimum absolute atomic E-state index is 0.333. The van der Waals surface area contributed by atoms with Crippen LogP contribution in [0.2, 0.25) is 13.1 Å². The van der Waals surface area contributed by atoms with Crippen LogP contribution in [0.15, 0.2) is 41.5 Å². The molecule has 1 unspecified atom stereocenters. The van der Waals surface area contributed by atoms with Gasteiger partial charge in [0.05, 0.1) is 0 Å². The number of fused-ring (bicyclic) bond motifs is 1. The van der Waals surface area contributed by atoms with Crippen molar-refractivity contribution in [2.75, 3.05) is 0 Å². The molecule has 0 saturated carbocycles. The van der Waals surface area contributed by atoms with Crippen LogP contribution in [0.4, 0.5) is 0 Å². The lowest BCUT2D eigenvalue weighted by molar-refractivity contribution is -0.114. The monoisotopic (exact) mass is 320 g/mol. The summed E-state index contributed by atoms with van der Waals surface area (Å²) < 4.78 is 0. The lowest BCUT2D eigenvalue weighted by atomic mass is 9.83. The van der Waals surface area contributed by atoms with E-state index >= 15 is 0 Å². The van der Waals surface area contributed by atoms with Crippen molar-refractivity contribution in [2.24, 2.45) is 5.92 Å². The van der Waals surface area contributed by atoms with Crippen LogP contribution >= 0.6 is 0 Å². The molecule has 3 rings (SSSR count). The summed E-state index contributed by atoms with van der Waals surface area (Å²) in [6.45, 7) is 8.88. The lowest BCUT2D eigenvalue weighted by Crippen LogP contribution is -2.25. The van der Waals surface area contributed by atoms with Crippen molar-refractivity contribution >= 4 is 31.1 Å². The molecule has 0 saturated heterocycles. The molecule has 3 heteroatoms. The Balaban J connectivity index is 2.35. The van der Waals surface area contributed by atoms with E-state index in [-0.39, 0.29) is 0 Å². The lowest BCUT2D eigenvalue weighted by Gasteiger charge is -2.26. The van der Waals surface area contributed by atoms with Gasteiger partial charge in [-0.05, 0) is 41.5 Å². The molecule has 1 N–H and O–H groups in total. The molecule has 117 valence electrons. The molecule has 0 spiro atoms. The zero-order valence-electron chi connectivity index (χ0n) is 14.2. The normalized spacial score (nSPS) is 19.7. The minimum atomic E-state index is -0.724. The molecule has 0 aliphatic heterocycles. The maximum atomic E-state index is 12.0. The fourth-order valence-electron chi connectivity index (χ4n) is 3.73. The van der Waals surface area contributed by atoms with Gasteiger partial charge in [-0.3, -0.25) is 10.5 Å². The number of rotatable bonds is 2. The molecule has 1 radical (unpaired) electrons. The topological polar surface area (TPSA) is 40.9 Å². The quantitative estimate of drug-likeness (QED) is 0.761. The molecule has 1 aromatic carbocycles. The SMILES string of the molecule is CC1=Cc2c(cccc2C2=C(C([NH])=O)C=CC(C)C2=[Si](C)C)C1. The molecule has 0 heterocycles. The number of benzene rings is 1. The van der Waals surface area contributed by atoms with Crippen LogP contribution < -0.4 is 5.73 Å². The third-order valence-corrected chi connectivity index (χ3v) is 6.44. The molecule has 2 aliphatic rings. The van der Waals surface area contributed by atoms with Gasteiger partial charge in [0, 0.05) is 14.0 Å². The van der Waals surface area contributed by atoms with Gasteiger partial charge < -0.3 is 0 Å². The van der Waals surface area contributed by atoms with Crippen LogP contribution in [-0.4, -0.2) is 19.5 Å². The number of nitrogens with one attached hydrogen (secondary N) is 1. The Bertz CT molecular complexity index is 820. The van der Waals surface area contributed by atoms with Gasteiger partial charge in [0.2, 0.25) is 0 Å². The third kappa shape index (κ3) is 2.70. The standard InChI is InChI=1S/C20H22NOSi/c1-12-10-14-6-5-7-15(17(14)11-12)18-16(20(21)22)9-8-13(2)19(18)23(3)4/h5-9,11,13,21H,10H2,1-4H3. The molecule has 1 atom stereocenters. The Hall–Kier alpha value is -2.00. The van der Waals surface area contributed by atoms with Crippen LogP contribution in [0, 0.1) is 5.92 Å². The first kappa shape index (κ1) is 15.9. The van der Waals surface area contributed by atoms with Crippen molar-refractivity contribution in [2.45, 2.75) is 33.4 Å². The first-order chi connectivity index (χ1) is 10.9. The highest BCUT2D eigenvalue weighted by atomic mass is 28.2. The molecule has 1 aromatic rings. The molecule has 2 nitrogen and oxygen atoms in total. The van der Waals surface area contributed by atoms with E-state index in [2.05, 4.69) is 57.3 Å². The van der Waals surface area contributed by atoms with Crippen LogP contribution in [0.3, 0.4) is 0 Å². The van der Waals surface area contributed by atoms with Gasteiger partial charge >= 0.3 is 0 Å². The van der Waals surface area contributed by atoms with E-state index in [4.69, 9.17) is 5.73 Å². The Labute approximate surface area is 139 Å². The van der Waals surface area contributed by atoms with E-state index in [0.29, 0.717) is 11.5 Å². The Morgan fingerprint density at radius 2 is 2.04 bits per heavy atom. The van der Waals surface area contributed by atoms with Gasteiger partial charge in [-0.1, -0.05) is 67.2 Å². The molecule has 1 amide bonds. The molecule has 0 aromatic heterocycles. The van der Waals surface area contributed by atoms with Gasteiger partial charge in [-0.15, -0.1) is 0 Å². The summed E-state index contributed by atoms with van der Waals surface area (Å²) in [5.74, 6) is -0.250. The van der Waals surface area contributed by atoms with Gasteiger partial charge in [0.25, 0.3) is 5.91 Å². The third-order valence-electron chi connectivity index (χ3n) is 4.65. The maximum absolute atomic E-state index is 12.0. The second kappa shape index (κ2) is 5.89. The van der Waals surface area contributed by atoms with Gasteiger partial charge in [0.15, 0.2) is 0 Å². The number of hydrogen-bond donors (Lipinski definition) is 0. The number of amides is 1. The van der Waals surface area contributed by atoms with E-state index in [1.165, 1.54) is 21.9 Å². The van der Waals surface area contributed by atoms with Crippen LogP contribution in [0.5, 0.6) is 0 Å². The summed E-state index contributed by atoms with van der Waals surface area (Å²) >= 11 is 0. The van der Waals surface area contributed by atoms with Crippen molar-refractivity contribution in [1.29, 1.82) is 0 Å². The maximum Gasteiger partial charge on any atom is 0.270 e. The van der Waals surface area contributed by atoms with Crippen molar-refractivity contribution < 1.29 is 4.79 Å². The van der Waals surface area contributed by atoms with E-state index in [0.717, 1.165) is 17.6 Å². The Kier molecular flexibility index (Phi) is 4.07. The van der Waals surface area contributed by atoms with Crippen LogP contribution in [-0.2, 0) is 11.2 Å². The molecule has 0 bridgehead atoms. The first-order valence-corrected chi connectivity index (χ1v) is 10.6. The van der Waals surface area contributed by atoms with Gasteiger partial charge in [-0.2, -0.15) is 0 Å².